The van der Waals surface area contributed by atoms with Gasteiger partial charge in [0.15, 0.2) is 0 Å². The third kappa shape index (κ3) is 3.50. The lowest BCUT2D eigenvalue weighted by molar-refractivity contribution is 0.0691. The Morgan fingerprint density at radius 2 is 1.82 bits per heavy atom. The number of rotatable bonds is 3. The molecule has 1 fully saturated rings. The van der Waals surface area contributed by atoms with Gasteiger partial charge < -0.3 is 10.0 Å². The summed E-state index contributed by atoms with van der Waals surface area (Å²) in [4.78, 5) is 15.0. The Morgan fingerprint density at radius 1 is 1.14 bits per heavy atom. The topological polar surface area (TPSA) is 71.2 Å². The molecule has 1 aromatic heterocycles. The number of aromatic nitrogens is 3. The zero-order valence-electron chi connectivity index (χ0n) is 16.0. The van der Waals surface area contributed by atoms with Crippen LogP contribution < -0.4 is 0 Å². The van der Waals surface area contributed by atoms with Gasteiger partial charge in [-0.3, -0.25) is 4.79 Å². The Kier molecular flexibility index (Phi) is 4.85. The van der Waals surface area contributed by atoms with Crippen molar-refractivity contribution in [1.29, 1.82) is 0 Å². The molecule has 6 nitrogen and oxygen atoms in total. The van der Waals surface area contributed by atoms with Crippen molar-refractivity contribution in [3.63, 3.8) is 0 Å². The summed E-state index contributed by atoms with van der Waals surface area (Å²) in [5, 5.41) is 20.7. The minimum absolute atomic E-state index is 0.0297. The van der Waals surface area contributed by atoms with E-state index in [1.165, 1.54) is 0 Å². The molecule has 146 valence electrons. The molecule has 0 spiro atoms. The first kappa shape index (κ1) is 18.9. The fourth-order valence-electron chi connectivity index (χ4n) is 3.70. The van der Waals surface area contributed by atoms with E-state index in [1.807, 2.05) is 46.0 Å². The lowest BCUT2D eigenvalue weighted by Crippen LogP contribution is -2.39. The maximum atomic E-state index is 13.1. The Balaban J connectivity index is 1.49. The van der Waals surface area contributed by atoms with Crippen molar-refractivity contribution in [3.05, 3.63) is 58.9 Å². The molecule has 2 aromatic carbocycles. The number of hydrogen-bond acceptors (Lipinski definition) is 4. The normalized spacial score (nSPS) is 15.9. The monoisotopic (exact) mass is 398 g/mol. The number of likely N-dealkylation sites (tertiary alicyclic amines) is 1. The van der Waals surface area contributed by atoms with E-state index in [4.69, 9.17) is 11.6 Å². The van der Waals surface area contributed by atoms with Gasteiger partial charge in [0.25, 0.3) is 5.91 Å². The van der Waals surface area contributed by atoms with E-state index in [0.29, 0.717) is 29.4 Å². The van der Waals surface area contributed by atoms with Crippen molar-refractivity contribution in [3.8, 4) is 0 Å². The molecule has 0 saturated carbocycles. The van der Waals surface area contributed by atoms with Gasteiger partial charge in [-0.25, -0.2) is 4.68 Å². The van der Waals surface area contributed by atoms with Crippen LogP contribution in [0.2, 0.25) is 5.02 Å². The predicted molar refractivity (Wildman–Crippen MR) is 108 cm³/mol. The summed E-state index contributed by atoms with van der Waals surface area (Å²) < 4.78 is 1.81. The van der Waals surface area contributed by atoms with E-state index in [0.717, 1.165) is 23.6 Å². The SMILES string of the molecule is CC(C)(O)c1cn(C2CCN(C(=O)c3cccc4c(Cl)cccc34)CC2)nn1. The van der Waals surface area contributed by atoms with Gasteiger partial charge in [0.2, 0.25) is 0 Å². The zero-order valence-corrected chi connectivity index (χ0v) is 16.7. The van der Waals surface area contributed by atoms with Crippen molar-refractivity contribution >= 4 is 28.3 Å². The number of fused-ring (bicyclic) bond motifs is 1. The molecule has 1 aliphatic rings. The summed E-state index contributed by atoms with van der Waals surface area (Å²) in [6.07, 6.45) is 3.40. The van der Waals surface area contributed by atoms with Gasteiger partial charge >= 0.3 is 0 Å². The number of halogens is 1. The molecule has 1 N–H and O–H groups in total. The van der Waals surface area contributed by atoms with Crippen molar-refractivity contribution in [1.82, 2.24) is 19.9 Å². The van der Waals surface area contributed by atoms with E-state index in [-0.39, 0.29) is 11.9 Å². The summed E-state index contributed by atoms with van der Waals surface area (Å²) >= 11 is 6.28. The highest BCUT2D eigenvalue weighted by Crippen LogP contribution is 2.29. The van der Waals surface area contributed by atoms with Gasteiger partial charge in [0.05, 0.1) is 12.2 Å². The third-order valence-corrected chi connectivity index (χ3v) is 5.69. The number of aliphatic hydroxyl groups is 1. The Labute approximate surface area is 168 Å². The maximum Gasteiger partial charge on any atom is 0.254 e. The molecule has 0 aliphatic carbocycles. The average molecular weight is 399 g/mol. The molecule has 1 saturated heterocycles. The third-order valence-electron chi connectivity index (χ3n) is 5.36. The predicted octanol–water partition coefficient (Wildman–Crippen LogP) is 3.79. The molecule has 4 rings (SSSR count). The highest BCUT2D eigenvalue weighted by Gasteiger charge is 2.28. The number of benzene rings is 2. The first-order chi connectivity index (χ1) is 13.3. The average Bonchev–Trinajstić information content (AvgIpc) is 3.18. The lowest BCUT2D eigenvalue weighted by atomic mass is 10.0. The quantitative estimate of drug-likeness (QED) is 0.728. The van der Waals surface area contributed by atoms with Gasteiger partial charge in [-0.1, -0.05) is 41.1 Å². The van der Waals surface area contributed by atoms with Crippen LogP contribution in [0.1, 0.15) is 48.8 Å². The highest BCUT2D eigenvalue weighted by molar-refractivity contribution is 6.36. The minimum Gasteiger partial charge on any atom is -0.384 e. The van der Waals surface area contributed by atoms with Crippen LogP contribution in [0.5, 0.6) is 0 Å². The number of hydrogen-bond donors (Lipinski definition) is 1. The molecule has 1 aliphatic heterocycles. The second-order valence-corrected chi connectivity index (χ2v) is 8.21. The molecular formula is C21H23ClN4O2. The summed E-state index contributed by atoms with van der Waals surface area (Å²) in [7, 11) is 0. The number of amides is 1. The van der Waals surface area contributed by atoms with Crippen molar-refractivity contribution < 1.29 is 9.90 Å². The van der Waals surface area contributed by atoms with Crippen LogP contribution >= 0.6 is 11.6 Å². The number of nitrogens with zero attached hydrogens (tertiary/aromatic N) is 4. The fraction of sp³-hybridized carbons (Fsp3) is 0.381. The molecule has 7 heteroatoms. The van der Waals surface area contributed by atoms with Crippen LogP contribution in [-0.2, 0) is 5.60 Å². The van der Waals surface area contributed by atoms with Gasteiger partial charge in [-0.05, 0) is 44.2 Å². The van der Waals surface area contributed by atoms with Gasteiger partial charge in [0, 0.05) is 29.1 Å². The second-order valence-electron chi connectivity index (χ2n) is 7.81. The van der Waals surface area contributed by atoms with Crippen molar-refractivity contribution in [2.75, 3.05) is 13.1 Å². The fourth-order valence-corrected chi connectivity index (χ4v) is 3.94. The maximum absolute atomic E-state index is 13.1. The van der Waals surface area contributed by atoms with E-state index < -0.39 is 5.60 Å². The summed E-state index contributed by atoms with van der Waals surface area (Å²) in [5.41, 5.74) is 0.229. The lowest BCUT2D eigenvalue weighted by Gasteiger charge is -2.32. The molecule has 28 heavy (non-hydrogen) atoms. The molecular weight excluding hydrogens is 376 g/mol. The van der Waals surface area contributed by atoms with Crippen LogP contribution in [0.25, 0.3) is 10.8 Å². The second kappa shape index (κ2) is 7.18. The van der Waals surface area contributed by atoms with E-state index in [1.54, 1.807) is 20.0 Å². The van der Waals surface area contributed by atoms with Gasteiger partial charge in [-0.15, -0.1) is 5.10 Å². The summed E-state index contributed by atoms with van der Waals surface area (Å²) in [5.74, 6) is 0.0297. The molecule has 0 radical (unpaired) electrons. The number of carbonyl (C=O) groups excluding carboxylic acids is 1. The molecule has 1 amide bonds. The number of piperidine rings is 1. The van der Waals surface area contributed by atoms with Gasteiger partial charge in [-0.2, -0.15) is 0 Å². The van der Waals surface area contributed by atoms with Crippen molar-refractivity contribution in [2.24, 2.45) is 0 Å². The standard InChI is InChI=1S/C21H23ClN4O2/c1-21(2,28)19-13-26(24-23-19)14-9-11-25(12-10-14)20(27)17-7-3-6-16-15(17)5-4-8-18(16)22/h3-8,13-14,28H,9-12H2,1-2H3. The summed E-state index contributed by atoms with van der Waals surface area (Å²) in [6.45, 7) is 4.69. The van der Waals surface area contributed by atoms with E-state index >= 15 is 0 Å². The van der Waals surface area contributed by atoms with E-state index in [2.05, 4.69) is 10.3 Å². The van der Waals surface area contributed by atoms with Gasteiger partial charge in [0.1, 0.15) is 11.3 Å². The van der Waals surface area contributed by atoms with Crippen LogP contribution in [0, 0.1) is 0 Å². The first-order valence-corrected chi connectivity index (χ1v) is 9.83. The zero-order chi connectivity index (χ0) is 19.9. The minimum atomic E-state index is -1.01. The molecule has 2 heterocycles. The van der Waals surface area contributed by atoms with Crippen LogP contribution in [-0.4, -0.2) is 44.0 Å². The molecule has 0 unspecified atom stereocenters. The Hall–Kier alpha value is -2.44. The van der Waals surface area contributed by atoms with Crippen LogP contribution in [0.3, 0.4) is 0 Å². The Morgan fingerprint density at radius 3 is 2.50 bits per heavy atom. The smallest absolute Gasteiger partial charge is 0.254 e. The van der Waals surface area contributed by atoms with Crippen LogP contribution in [0.15, 0.2) is 42.6 Å². The number of carbonyl (C=O) groups is 1. The molecule has 0 bridgehead atoms. The summed E-state index contributed by atoms with van der Waals surface area (Å²) in [6, 6.07) is 11.5. The highest BCUT2D eigenvalue weighted by atomic mass is 35.5. The van der Waals surface area contributed by atoms with Crippen LogP contribution in [0.4, 0.5) is 0 Å². The first-order valence-electron chi connectivity index (χ1n) is 9.46. The van der Waals surface area contributed by atoms with Crippen molar-refractivity contribution in [2.45, 2.75) is 38.3 Å². The largest absolute Gasteiger partial charge is 0.384 e. The molecule has 3 aromatic rings. The van der Waals surface area contributed by atoms with E-state index in [9.17, 15) is 9.90 Å². The molecule has 0 atom stereocenters. The Bertz CT molecular complexity index is 1020.